The molecular weight excluding hydrogens is 511 g/mol. The minimum Gasteiger partial charge on any atom is -0.504 e. The quantitative estimate of drug-likeness (QED) is 0.285. The van der Waals surface area contributed by atoms with Gasteiger partial charge in [0.1, 0.15) is 6.61 Å². The van der Waals surface area contributed by atoms with Crippen molar-refractivity contribution in [1.29, 1.82) is 0 Å². The lowest BCUT2D eigenvalue weighted by Gasteiger charge is -2.18. The Morgan fingerprint density at radius 2 is 2.00 bits per heavy atom. The van der Waals surface area contributed by atoms with E-state index in [2.05, 4.69) is 43.1 Å². The van der Waals surface area contributed by atoms with Crippen molar-refractivity contribution >= 4 is 40.0 Å². The summed E-state index contributed by atoms with van der Waals surface area (Å²) >= 11 is 2.14. The van der Waals surface area contributed by atoms with E-state index in [0.29, 0.717) is 41.3 Å². The number of imide groups is 1. The Hall–Kier alpha value is -2.66. The first-order valence-electron chi connectivity index (χ1n) is 10.1. The summed E-state index contributed by atoms with van der Waals surface area (Å²) in [5.74, 6) is -0.471. The number of amides is 2. The van der Waals surface area contributed by atoms with Crippen LogP contribution in [0.3, 0.4) is 0 Å². The van der Waals surface area contributed by atoms with Crippen LogP contribution in [-0.2, 0) is 11.3 Å². The van der Waals surface area contributed by atoms with Crippen LogP contribution in [-0.4, -0.2) is 53.0 Å². The number of aromatic hydroxyl groups is 1. The summed E-state index contributed by atoms with van der Waals surface area (Å²) in [6.45, 7) is 3.84. The molecular formula is C22H23IN4O4. The Kier molecular flexibility index (Phi) is 6.71. The van der Waals surface area contributed by atoms with E-state index in [1.807, 2.05) is 6.07 Å². The molecule has 1 aromatic carbocycles. The molecule has 1 fully saturated rings. The highest BCUT2D eigenvalue weighted by Crippen LogP contribution is 2.27. The normalized spacial score (nSPS) is 17.5. The first kappa shape index (κ1) is 21.6. The first-order valence-corrected chi connectivity index (χ1v) is 11.2. The van der Waals surface area contributed by atoms with Gasteiger partial charge >= 0.3 is 0 Å². The van der Waals surface area contributed by atoms with Crippen molar-refractivity contribution in [1.82, 2.24) is 20.5 Å². The van der Waals surface area contributed by atoms with Crippen molar-refractivity contribution in [3.05, 3.63) is 57.1 Å². The molecule has 0 radical (unpaired) electrons. The zero-order valence-corrected chi connectivity index (χ0v) is 19.0. The highest BCUT2D eigenvalue weighted by atomic mass is 127. The lowest BCUT2D eigenvalue weighted by atomic mass is 9.96. The molecule has 3 heterocycles. The van der Waals surface area contributed by atoms with Crippen LogP contribution in [0.5, 0.6) is 11.5 Å². The molecule has 2 aliphatic rings. The SMILES string of the molecule is O=C1NC(=O)c2ccc(I)cc2/C1=C\NCc1cc(O)c(OCCN2CCCC2)cn1. The number of hydrogen-bond donors (Lipinski definition) is 3. The monoisotopic (exact) mass is 534 g/mol. The Bertz CT molecular complexity index is 1030. The second kappa shape index (κ2) is 9.65. The summed E-state index contributed by atoms with van der Waals surface area (Å²) in [4.78, 5) is 31.0. The van der Waals surface area contributed by atoms with Crippen LogP contribution in [0, 0.1) is 3.57 Å². The number of halogens is 1. The molecule has 1 saturated heterocycles. The lowest BCUT2D eigenvalue weighted by molar-refractivity contribution is -0.114. The van der Waals surface area contributed by atoms with E-state index >= 15 is 0 Å². The van der Waals surface area contributed by atoms with Crippen molar-refractivity contribution in [3.63, 3.8) is 0 Å². The van der Waals surface area contributed by atoms with Gasteiger partial charge in [-0.15, -0.1) is 0 Å². The molecule has 0 aliphatic carbocycles. The number of carbonyl (C=O) groups excluding carboxylic acids is 2. The van der Waals surface area contributed by atoms with Crippen LogP contribution in [0.4, 0.5) is 0 Å². The largest absolute Gasteiger partial charge is 0.504 e. The fourth-order valence-corrected chi connectivity index (χ4v) is 4.16. The molecule has 8 nitrogen and oxygen atoms in total. The number of fused-ring (bicyclic) bond motifs is 1. The maximum Gasteiger partial charge on any atom is 0.260 e. The maximum atomic E-state index is 12.3. The lowest BCUT2D eigenvalue weighted by Crippen LogP contribution is -2.37. The van der Waals surface area contributed by atoms with Crippen LogP contribution in [0.2, 0.25) is 0 Å². The van der Waals surface area contributed by atoms with E-state index in [1.54, 1.807) is 18.3 Å². The smallest absolute Gasteiger partial charge is 0.260 e. The summed E-state index contributed by atoms with van der Waals surface area (Å²) < 4.78 is 6.58. The summed E-state index contributed by atoms with van der Waals surface area (Å²) in [6, 6.07) is 6.87. The molecule has 0 atom stereocenters. The number of likely N-dealkylation sites (tertiary alicyclic amines) is 1. The maximum absolute atomic E-state index is 12.3. The topological polar surface area (TPSA) is 104 Å². The zero-order chi connectivity index (χ0) is 21.8. The minimum atomic E-state index is -0.454. The Morgan fingerprint density at radius 3 is 2.77 bits per heavy atom. The molecule has 4 rings (SSSR count). The van der Waals surface area contributed by atoms with Gasteiger partial charge in [-0.05, 0) is 66.7 Å². The van der Waals surface area contributed by atoms with Crippen LogP contribution >= 0.6 is 22.6 Å². The fourth-order valence-electron chi connectivity index (χ4n) is 3.67. The predicted octanol–water partition coefficient (Wildman–Crippen LogP) is 2.27. The highest BCUT2D eigenvalue weighted by molar-refractivity contribution is 14.1. The number of hydrogen-bond acceptors (Lipinski definition) is 7. The average Bonchev–Trinajstić information content (AvgIpc) is 3.25. The molecule has 2 aliphatic heterocycles. The molecule has 0 spiro atoms. The van der Waals surface area contributed by atoms with Gasteiger partial charge in [0.05, 0.1) is 24.0 Å². The van der Waals surface area contributed by atoms with Gasteiger partial charge < -0.3 is 15.2 Å². The first-order chi connectivity index (χ1) is 15.0. The number of nitrogens with one attached hydrogen (secondary N) is 2. The number of pyridine rings is 1. The van der Waals surface area contributed by atoms with Crippen LogP contribution in [0.1, 0.15) is 34.5 Å². The van der Waals surface area contributed by atoms with Crippen molar-refractivity contribution in [2.45, 2.75) is 19.4 Å². The molecule has 1 aromatic heterocycles. The summed E-state index contributed by atoms with van der Waals surface area (Å²) in [7, 11) is 0. The van der Waals surface area contributed by atoms with Crippen LogP contribution < -0.4 is 15.4 Å². The van der Waals surface area contributed by atoms with Gasteiger partial charge in [-0.2, -0.15) is 0 Å². The van der Waals surface area contributed by atoms with E-state index in [0.717, 1.165) is 23.2 Å². The molecule has 0 unspecified atom stereocenters. The van der Waals surface area contributed by atoms with E-state index in [9.17, 15) is 14.7 Å². The molecule has 0 bridgehead atoms. The van der Waals surface area contributed by atoms with Gasteiger partial charge in [0.2, 0.25) is 0 Å². The molecule has 0 saturated carbocycles. The van der Waals surface area contributed by atoms with Crippen molar-refractivity contribution in [3.8, 4) is 11.5 Å². The van der Waals surface area contributed by atoms with E-state index < -0.39 is 11.8 Å². The number of nitrogens with zero attached hydrogens (tertiary/aromatic N) is 2. The van der Waals surface area contributed by atoms with Crippen LogP contribution in [0.15, 0.2) is 36.7 Å². The predicted molar refractivity (Wildman–Crippen MR) is 124 cm³/mol. The zero-order valence-electron chi connectivity index (χ0n) is 16.9. The second-order valence-electron chi connectivity index (χ2n) is 7.45. The van der Waals surface area contributed by atoms with Gasteiger partial charge in [-0.3, -0.25) is 24.8 Å². The minimum absolute atomic E-state index is 0.0294. The molecule has 2 aromatic rings. The van der Waals surface area contributed by atoms with Crippen molar-refractivity contribution < 1.29 is 19.4 Å². The summed E-state index contributed by atoms with van der Waals surface area (Å²) in [6.07, 6.45) is 5.53. The fraction of sp³-hybridized carbons (Fsp3) is 0.318. The Labute approximate surface area is 193 Å². The van der Waals surface area contributed by atoms with Crippen molar-refractivity contribution in [2.24, 2.45) is 0 Å². The van der Waals surface area contributed by atoms with Gasteiger partial charge in [-0.1, -0.05) is 0 Å². The number of rotatable bonds is 7. The summed E-state index contributed by atoms with van der Waals surface area (Å²) in [5.41, 5.74) is 2.01. The number of carbonyl (C=O) groups is 2. The third kappa shape index (κ3) is 5.16. The van der Waals surface area contributed by atoms with Crippen LogP contribution in [0.25, 0.3) is 5.57 Å². The number of ether oxygens (including phenoxy) is 1. The van der Waals surface area contributed by atoms with E-state index in [-0.39, 0.29) is 5.75 Å². The average molecular weight is 534 g/mol. The molecule has 2 amide bonds. The van der Waals surface area contributed by atoms with Gasteiger partial charge in [0.15, 0.2) is 11.5 Å². The third-order valence-corrected chi connectivity index (χ3v) is 5.96. The molecule has 162 valence electrons. The summed E-state index contributed by atoms with van der Waals surface area (Å²) in [5, 5.41) is 15.6. The van der Waals surface area contributed by atoms with E-state index in [1.165, 1.54) is 25.1 Å². The Balaban J connectivity index is 1.38. The molecule has 3 N–H and O–H groups in total. The highest BCUT2D eigenvalue weighted by Gasteiger charge is 2.27. The standard InChI is InChI=1S/C22H23IN4O4/c23-14-3-4-16-17(9-14)18(22(30)26-21(16)29)12-24-11-15-10-19(28)20(13-25-15)31-8-7-27-5-1-2-6-27/h3-4,9-10,12-13,24H,1-2,5-8,11H2,(H,25,28)(H,26,29,30)/b18-12+. The van der Waals surface area contributed by atoms with Crippen molar-refractivity contribution in [2.75, 3.05) is 26.2 Å². The molecule has 31 heavy (non-hydrogen) atoms. The number of aromatic nitrogens is 1. The van der Waals surface area contributed by atoms with Gasteiger partial charge in [0, 0.05) is 33.5 Å². The molecule has 9 heteroatoms. The van der Waals surface area contributed by atoms with Gasteiger partial charge in [0.25, 0.3) is 11.8 Å². The third-order valence-electron chi connectivity index (χ3n) is 5.28. The Morgan fingerprint density at radius 1 is 1.19 bits per heavy atom. The second-order valence-corrected chi connectivity index (χ2v) is 8.70. The van der Waals surface area contributed by atoms with E-state index in [4.69, 9.17) is 4.74 Å². The number of benzene rings is 1. The van der Waals surface area contributed by atoms with Gasteiger partial charge in [-0.25, -0.2) is 0 Å².